The quantitative estimate of drug-likeness (QED) is 0.782. The lowest BCUT2D eigenvalue weighted by Gasteiger charge is -2.14. The van der Waals surface area contributed by atoms with Crippen molar-refractivity contribution in [1.29, 1.82) is 0 Å². The first-order chi connectivity index (χ1) is 10.0. The van der Waals surface area contributed by atoms with Gasteiger partial charge < -0.3 is 15.2 Å². The van der Waals surface area contributed by atoms with E-state index in [9.17, 15) is 5.11 Å². The molecule has 0 aliphatic heterocycles. The van der Waals surface area contributed by atoms with E-state index in [-0.39, 0.29) is 6.61 Å². The molecule has 1 aromatic heterocycles. The van der Waals surface area contributed by atoms with Crippen LogP contribution in [0.15, 0.2) is 34.8 Å². The molecule has 21 heavy (non-hydrogen) atoms. The smallest absolute Gasteiger partial charge is 0.133 e. The zero-order chi connectivity index (χ0) is 15.2. The Labute approximate surface area is 138 Å². The van der Waals surface area contributed by atoms with Crippen LogP contribution in [0.5, 0.6) is 5.75 Å². The Kier molecular flexibility index (Phi) is 6.23. The normalized spacial score (nSPS) is 12.4. The standard InChI is InChI=1S/C16H20BrNO2S/c1-11-3-6-16(15(17)7-11)20-10-13(19)8-18-9-14-5-4-12(2)21-14/h3-7,13,18-19H,8-10H2,1-2H3. The Morgan fingerprint density at radius 2 is 2.10 bits per heavy atom. The molecular weight excluding hydrogens is 350 g/mol. The molecule has 1 heterocycles. The molecule has 0 saturated carbocycles. The highest BCUT2D eigenvalue weighted by Gasteiger charge is 2.07. The summed E-state index contributed by atoms with van der Waals surface area (Å²) in [6.45, 7) is 5.69. The van der Waals surface area contributed by atoms with Crippen LogP contribution in [0.4, 0.5) is 0 Å². The third kappa shape index (κ3) is 5.43. The van der Waals surface area contributed by atoms with Crippen LogP contribution in [-0.4, -0.2) is 24.4 Å². The fourth-order valence-electron chi connectivity index (χ4n) is 1.91. The highest BCUT2D eigenvalue weighted by molar-refractivity contribution is 9.10. The highest BCUT2D eigenvalue weighted by atomic mass is 79.9. The van der Waals surface area contributed by atoms with Gasteiger partial charge in [0, 0.05) is 22.8 Å². The third-order valence-corrected chi connectivity index (χ3v) is 4.61. The second-order valence-corrected chi connectivity index (χ2v) is 7.27. The molecule has 0 aliphatic carbocycles. The van der Waals surface area contributed by atoms with Gasteiger partial charge in [-0.05, 0) is 59.6 Å². The van der Waals surface area contributed by atoms with Crippen molar-refractivity contribution in [3.63, 3.8) is 0 Å². The molecule has 1 atom stereocenters. The van der Waals surface area contributed by atoms with Gasteiger partial charge in [0.15, 0.2) is 0 Å². The van der Waals surface area contributed by atoms with E-state index < -0.39 is 6.10 Å². The Bertz CT molecular complexity index is 585. The summed E-state index contributed by atoms with van der Waals surface area (Å²) < 4.78 is 6.54. The number of ether oxygens (including phenoxy) is 1. The summed E-state index contributed by atoms with van der Waals surface area (Å²) in [7, 11) is 0. The van der Waals surface area contributed by atoms with Crippen LogP contribution in [0.2, 0.25) is 0 Å². The summed E-state index contributed by atoms with van der Waals surface area (Å²) in [5, 5.41) is 13.2. The van der Waals surface area contributed by atoms with E-state index in [0.29, 0.717) is 6.54 Å². The largest absolute Gasteiger partial charge is 0.490 e. The van der Waals surface area contributed by atoms with Crippen LogP contribution >= 0.6 is 27.3 Å². The number of rotatable bonds is 7. The molecule has 114 valence electrons. The summed E-state index contributed by atoms with van der Waals surface area (Å²) in [6.07, 6.45) is -0.528. The van der Waals surface area contributed by atoms with Gasteiger partial charge in [0.2, 0.25) is 0 Å². The van der Waals surface area contributed by atoms with Gasteiger partial charge in [-0.2, -0.15) is 0 Å². The maximum Gasteiger partial charge on any atom is 0.133 e. The zero-order valence-corrected chi connectivity index (χ0v) is 14.6. The van der Waals surface area contributed by atoms with Crippen molar-refractivity contribution in [3.8, 4) is 5.75 Å². The second kappa shape index (κ2) is 7.94. The summed E-state index contributed by atoms with van der Waals surface area (Å²) in [5.74, 6) is 0.758. The maximum absolute atomic E-state index is 9.94. The Morgan fingerprint density at radius 3 is 2.76 bits per heavy atom. The van der Waals surface area contributed by atoms with Gasteiger partial charge in [-0.25, -0.2) is 0 Å². The van der Waals surface area contributed by atoms with Gasteiger partial charge >= 0.3 is 0 Å². The monoisotopic (exact) mass is 369 g/mol. The van der Waals surface area contributed by atoms with Crippen molar-refractivity contribution in [2.45, 2.75) is 26.5 Å². The number of aliphatic hydroxyl groups excluding tert-OH is 1. The minimum Gasteiger partial charge on any atom is -0.490 e. The van der Waals surface area contributed by atoms with Crippen molar-refractivity contribution in [1.82, 2.24) is 5.32 Å². The number of aryl methyl sites for hydroxylation is 2. The predicted molar refractivity (Wildman–Crippen MR) is 91.1 cm³/mol. The molecular formula is C16H20BrNO2S. The van der Waals surface area contributed by atoms with Crippen LogP contribution in [0.1, 0.15) is 15.3 Å². The molecule has 2 N–H and O–H groups in total. The van der Waals surface area contributed by atoms with Crippen molar-refractivity contribution < 1.29 is 9.84 Å². The molecule has 0 aliphatic rings. The third-order valence-electron chi connectivity index (χ3n) is 2.99. The summed E-state index contributed by atoms with van der Waals surface area (Å²) in [4.78, 5) is 2.59. The molecule has 0 saturated heterocycles. The van der Waals surface area contributed by atoms with Gasteiger partial charge in [-0.3, -0.25) is 0 Å². The number of nitrogens with one attached hydrogen (secondary N) is 1. The van der Waals surface area contributed by atoms with Gasteiger partial charge in [0.25, 0.3) is 0 Å². The fraction of sp³-hybridized carbons (Fsp3) is 0.375. The molecule has 0 radical (unpaired) electrons. The Morgan fingerprint density at radius 1 is 1.29 bits per heavy atom. The first-order valence-electron chi connectivity index (χ1n) is 6.87. The van der Waals surface area contributed by atoms with Crippen molar-refractivity contribution in [3.05, 3.63) is 50.1 Å². The molecule has 2 aromatic rings. The second-order valence-electron chi connectivity index (χ2n) is 5.04. The first-order valence-corrected chi connectivity index (χ1v) is 8.48. The predicted octanol–water partition coefficient (Wildman–Crippen LogP) is 3.66. The van der Waals surface area contributed by atoms with E-state index in [4.69, 9.17) is 4.74 Å². The molecule has 1 aromatic carbocycles. The Hall–Kier alpha value is -0.880. The number of halogens is 1. The van der Waals surface area contributed by atoms with E-state index in [1.165, 1.54) is 15.3 Å². The van der Waals surface area contributed by atoms with E-state index in [2.05, 4.69) is 40.3 Å². The first kappa shape index (κ1) is 16.5. The lowest BCUT2D eigenvalue weighted by atomic mass is 10.2. The highest BCUT2D eigenvalue weighted by Crippen LogP contribution is 2.25. The molecule has 0 bridgehead atoms. The van der Waals surface area contributed by atoms with E-state index in [0.717, 1.165) is 16.8 Å². The zero-order valence-electron chi connectivity index (χ0n) is 12.2. The Balaban J connectivity index is 1.70. The average molecular weight is 370 g/mol. The number of thiophene rings is 1. The number of hydrogen-bond acceptors (Lipinski definition) is 4. The number of aliphatic hydroxyl groups is 1. The number of hydrogen-bond donors (Lipinski definition) is 2. The lowest BCUT2D eigenvalue weighted by Crippen LogP contribution is -2.31. The SMILES string of the molecule is Cc1ccc(OCC(O)CNCc2ccc(C)s2)c(Br)c1. The van der Waals surface area contributed by atoms with Gasteiger partial charge in [-0.15, -0.1) is 11.3 Å². The van der Waals surface area contributed by atoms with Crippen LogP contribution in [-0.2, 0) is 6.54 Å². The van der Waals surface area contributed by atoms with E-state index in [1.54, 1.807) is 11.3 Å². The summed E-state index contributed by atoms with van der Waals surface area (Å²) >= 11 is 5.23. The van der Waals surface area contributed by atoms with E-state index >= 15 is 0 Å². The van der Waals surface area contributed by atoms with Crippen LogP contribution in [0.25, 0.3) is 0 Å². The molecule has 0 amide bonds. The summed E-state index contributed by atoms with van der Waals surface area (Å²) in [5.41, 5.74) is 1.17. The molecule has 5 heteroatoms. The summed E-state index contributed by atoms with van der Waals surface area (Å²) in [6, 6.07) is 10.1. The van der Waals surface area contributed by atoms with Crippen LogP contribution in [0.3, 0.4) is 0 Å². The lowest BCUT2D eigenvalue weighted by molar-refractivity contribution is 0.106. The average Bonchev–Trinajstić information content (AvgIpc) is 2.83. The van der Waals surface area contributed by atoms with Crippen molar-refractivity contribution >= 4 is 27.3 Å². The molecule has 0 spiro atoms. The maximum atomic E-state index is 9.94. The minimum atomic E-state index is -0.528. The minimum absolute atomic E-state index is 0.276. The van der Waals surface area contributed by atoms with Crippen LogP contribution in [0, 0.1) is 13.8 Å². The molecule has 3 nitrogen and oxygen atoms in total. The fourth-order valence-corrected chi connectivity index (χ4v) is 3.38. The van der Waals surface area contributed by atoms with Crippen molar-refractivity contribution in [2.75, 3.05) is 13.2 Å². The van der Waals surface area contributed by atoms with E-state index in [1.807, 2.05) is 25.1 Å². The van der Waals surface area contributed by atoms with Crippen LogP contribution < -0.4 is 10.1 Å². The van der Waals surface area contributed by atoms with Gasteiger partial charge in [0.05, 0.1) is 4.47 Å². The topological polar surface area (TPSA) is 41.5 Å². The van der Waals surface area contributed by atoms with Crippen molar-refractivity contribution in [2.24, 2.45) is 0 Å². The van der Waals surface area contributed by atoms with Gasteiger partial charge in [-0.1, -0.05) is 6.07 Å². The van der Waals surface area contributed by atoms with Gasteiger partial charge in [0.1, 0.15) is 18.5 Å². The molecule has 0 fully saturated rings. The number of benzene rings is 1. The molecule has 2 rings (SSSR count). The molecule has 1 unspecified atom stereocenters.